The van der Waals surface area contributed by atoms with Crippen molar-refractivity contribution in [3.8, 4) is 0 Å². The number of rotatable bonds is 27. The van der Waals surface area contributed by atoms with Gasteiger partial charge in [0.2, 0.25) is 5.91 Å². The molecule has 1 heterocycles. The first-order valence-electron chi connectivity index (χ1n) is 17.4. The van der Waals surface area contributed by atoms with Crippen LogP contribution in [0, 0.1) is 0 Å². The molecule has 0 radical (unpaired) electrons. The van der Waals surface area contributed by atoms with Crippen LogP contribution in [-0.2, 0) is 14.3 Å². The van der Waals surface area contributed by atoms with E-state index in [9.17, 15) is 30.3 Å². The van der Waals surface area contributed by atoms with Crippen LogP contribution in [0.5, 0.6) is 0 Å². The number of carbonyl (C=O) groups is 1. The predicted molar refractivity (Wildman–Crippen MR) is 170 cm³/mol. The minimum absolute atomic E-state index is 0.184. The number of hydrogen-bond donors (Lipinski definition) is 6. The summed E-state index contributed by atoms with van der Waals surface area (Å²) >= 11 is 0. The van der Waals surface area contributed by atoms with Gasteiger partial charge in [-0.25, -0.2) is 0 Å². The van der Waals surface area contributed by atoms with Crippen LogP contribution in [0.1, 0.15) is 142 Å². The maximum atomic E-state index is 12.7. The molecule has 254 valence electrons. The number of unbranched alkanes of at least 4 members (excludes halogenated alkanes) is 17. The summed E-state index contributed by atoms with van der Waals surface area (Å²) in [5.41, 5.74) is 0. The highest BCUT2D eigenvalue weighted by Crippen LogP contribution is 2.22. The molecule has 1 aliphatic rings. The van der Waals surface area contributed by atoms with Crippen molar-refractivity contribution in [3.63, 3.8) is 0 Å². The van der Waals surface area contributed by atoms with E-state index in [1.807, 2.05) is 6.08 Å². The maximum Gasteiger partial charge on any atom is 0.220 e. The lowest BCUT2D eigenvalue weighted by Gasteiger charge is -2.40. The molecule has 0 aromatic heterocycles. The van der Waals surface area contributed by atoms with Crippen molar-refractivity contribution in [2.45, 2.75) is 185 Å². The Hall–Kier alpha value is -1.07. The molecule has 0 saturated carbocycles. The lowest BCUT2D eigenvalue weighted by molar-refractivity contribution is -0.302. The van der Waals surface area contributed by atoms with Crippen molar-refractivity contribution in [2.24, 2.45) is 0 Å². The third kappa shape index (κ3) is 18.5. The molecular formula is C34H65NO8. The molecule has 2 unspecified atom stereocenters. The molecule has 1 rings (SSSR count). The molecule has 7 atom stereocenters. The third-order valence-electron chi connectivity index (χ3n) is 8.36. The average Bonchev–Trinajstić information content (AvgIpc) is 3.00. The van der Waals surface area contributed by atoms with Gasteiger partial charge in [0.1, 0.15) is 24.4 Å². The maximum absolute atomic E-state index is 12.7. The van der Waals surface area contributed by atoms with E-state index < -0.39 is 49.5 Å². The molecule has 0 aromatic carbocycles. The summed E-state index contributed by atoms with van der Waals surface area (Å²) in [5, 5.41) is 53.6. The number of amides is 1. The number of aliphatic hydroxyl groups is 5. The Morgan fingerprint density at radius 1 is 0.767 bits per heavy atom. The first-order valence-corrected chi connectivity index (χ1v) is 17.4. The van der Waals surface area contributed by atoms with E-state index >= 15 is 0 Å². The SMILES string of the molecule is CCCCCCCCCCC/C=C/[C@@H](O)[C@H](CO[C@@H]1O[C@H](CO)[C@H](O)C(O)C1O)NC(=O)CCCCCCCCCCC. The zero-order chi connectivity index (χ0) is 31.7. The summed E-state index contributed by atoms with van der Waals surface area (Å²) in [7, 11) is 0. The van der Waals surface area contributed by atoms with Crippen LogP contribution >= 0.6 is 0 Å². The fourth-order valence-electron chi connectivity index (χ4n) is 5.45. The lowest BCUT2D eigenvalue weighted by Crippen LogP contribution is -2.60. The molecule has 1 saturated heterocycles. The molecule has 9 nitrogen and oxygen atoms in total. The van der Waals surface area contributed by atoms with Crippen LogP contribution in [0.15, 0.2) is 12.2 Å². The number of allylic oxidation sites excluding steroid dienone is 1. The van der Waals surface area contributed by atoms with Crippen molar-refractivity contribution in [3.05, 3.63) is 12.2 Å². The second kappa shape index (κ2) is 26.2. The average molecular weight is 616 g/mol. The second-order valence-corrected chi connectivity index (χ2v) is 12.3. The molecule has 9 heteroatoms. The van der Waals surface area contributed by atoms with Gasteiger partial charge in [0.05, 0.1) is 25.4 Å². The van der Waals surface area contributed by atoms with Gasteiger partial charge >= 0.3 is 0 Å². The zero-order valence-electron chi connectivity index (χ0n) is 27.2. The predicted octanol–water partition coefficient (Wildman–Crippen LogP) is 5.05. The van der Waals surface area contributed by atoms with Gasteiger partial charge in [0.15, 0.2) is 6.29 Å². The van der Waals surface area contributed by atoms with Gasteiger partial charge in [0, 0.05) is 6.42 Å². The van der Waals surface area contributed by atoms with Crippen molar-refractivity contribution in [1.29, 1.82) is 0 Å². The first kappa shape index (κ1) is 40.0. The van der Waals surface area contributed by atoms with E-state index in [0.29, 0.717) is 6.42 Å². The number of aliphatic hydroxyl groups excluding tert-OH is 5. The number of hydrogen-bond acceptors (Lipinski definition) is 8. The zero-order valence-corrected chi connectivity index (χ0v) is 27.2. The van der Waals surface area contributed by atoms with Crippen molar-refractivity contribution < 1.29 is 39.8 Å². The van der Waals surface area contributed by atoms with Gasteiger partial charge in [-0.2, -0.15) is 0 Å². The molecule has 1 fully saturated rings. The second-order valence-electron chi connectivity index (χ2n) is 12.3. The van der Waals surface area contributed by atoms with Crippen LogP contribution in [0.4, 0.5) is 0 Å². The Morgan fingerprint density at radius 2 is 1.28 bits per heavy atom. The van der Waals surface area contributed by atoms with E-state index in [2.05, 4.69) is 19.2 Å². The Bertz CT molecular complexity index is 691. The van der Waals surface area contributed by atoms with Crippen molar-refractivity contribution in [1.82, 2.24) is 5.32 Å². The van der Waals surface area contributed by atoms with Crippen LogP contribution in [0.3, 0.4) is 0 Å². The van der Waals surface area contributed by atoms with Crippen LogP contribution in [0.25, 0.3) is 0 Å². The van der Waals surface area contributed by atoms with E-state index in [1.54, 1.807) is 6.08 Å². The van der Waals surface area contributed by atoms with E-state index in [4.69, 9.17) is 9.47 Å². The smallest absolute Gasteiger partial charge is 0.220 e. The monoisotopic (exact) mass is 615 g/mol. The van der Waals surface area contributed by atoms with Gasteiger partial charge in [-0.1, -0.05) is 129 Å². The highest BCUT2D eigenvalue weighted by Gasteiger charge is 2.44. The molecule has 6 N–H and O–H groups in total. The molecule has 1 amide bonds. The molecule has 0 aliphatic carbocycles. The van der Waals surface area contributed by atoms with E-state index in [0.717, 1.165) is 38.5 Å². The molecule has 0 spiro atoms. The summed E-state index contributed by atoms with van der Waals surface area (Å²) in [6.07, 6.45) is 18.3. The van der Waals surface area contributed by atoms with Crippen LogP contribution < -0.4 is 5.32 Å². The van der Waals surface area contributed by atoms with Crippen LogP contribution in [0.2, 0.25) is 0 Å². The van der Waals surface area contributed by atoms with Gasteiger partial charge < -0.3 is 40.3 Å². The summed E-state index contributed by atoms with van der Waals surface area (Å²) in [6.45, 7) is 3.70. The standard InChI is InChI=1S/C34H65NO8/c1-3-5-7-9-11-13-14-16-17-19-21-23-28(37)27(26-42-34-33(41)32(40)31(39)29(25-36)43-34)35-30(38)24-22-20-18-15-12-10-8-6-4-2/h21,23,27-29,31-34,36-37,39-41H,3-20,22,24-26H2,1-2H3,(H,35,38)/b23-21+/t27-,28+,29+,31-,32?,33?,34+/m0/s1. The van der Waals surface area contributed by atoms with E-state index in [1.165, 1.54) is 83.5 Å². The lowest BCUT2D eigenvalue weighted by atomic mass is 9.99. The summed E-state index contributed by atoms with van der Waals surface area (Å²) in [4.78, 5) is 12.7. The molecule has 43 heavy (non-hydrogen) atoms. The topological polar surface area (TPSA) is 149 Å². The Morgan fingerprint density at radius 3 is 1.81 bits per heavy atom. The van der Waals surface area contributed by atoms with Crippen LogP contribution in [-0.4, -0.2) is 87.5 Å². The fourth-order valence-corrected chi connectivity index (χ4v) is 5.45. The number of ether oxygens (including phenoxy) is 2. The summed E-state index contributed by atoms with van der Waals surface area (Å²) < 4.78 is 11.1. The van der Waals surface area contributed by atoms with Crippen molar-refractivity contribution in [2.75, 3.05) is 13.2 Å². The normalized spacial score (nSPS) is 23.9. The summed E-state index contributed by atoms with van der Waals surface area (Å²) in [5.74, 6) is -0.184. The molecular weight excluding hydrogens is 550 g/mol. The van der Waals surface area contributed by atoms with Gasteiger partial charge in [-0.3, -0.25) is 4.79 Å². The Balaban J connectivity index is 2.53. The molecule has 0 aromatic rings. The Labute approximate surface area is 261 Å². The highest BCUT2D eigenvalue weighted by atomic mass is 16.7. The fraction of sp³-hybridized carbons (Fsp3) is 0.912. The van der Waals surface area contributed by atoms with Gasteiger partial charge in [0.25, 0.3) is 0 Å². The largest absolute Gasteiger partial charge is 0.394 e. The van der Waals surface area contributed by atoms with Crippen molar-refractivity contribution >= 4 is 5.91 Å². The molecule has 1 aliphatic heterocycles. The highest BCUT2D eigenvalue weighted by molar-refractivity contribution is 5.76. The molecule has 0 bridgehead atoms. The quantitative estimate of drug-likeness (QED) is 0.0556. The van der Waals surface area contributed by atoms with Gasteiger partial charge in [-0.05, 0) is 19.3 Å². The minimum atomic E-state index is -1.56. The van der Waals surface area contributed by atoms with E-state index in [-0.39, 0.29) is 12.5 Å². The third-order valence-corrected chi connectivity index (χ3v) is 8.36. The summed E-state index contributed by atoms with van der Waals surface area (Å²) in [6, 6.07) is -0.794. The first-order chi connectivity index (χ1) is 20.8. The Kier molecular flexibility index (Phi) is 24.3. The number of nitrogens with one attached hydrogen (secondary N) is 1. The van der Waals surface area contributed by atoms with Gasteiger partial charge in [-0.15, -0.1) is 0 Å². The minimum Gasteiger partial charge on any atom is -0.394 e. The number of carbonyl (C=O) groups excluding carboxylic acids is 1.